The monoisotopic (exact) mass is 331 g/mol. The molecule has 2 atom stereocenters. The third-order valence-corrected chi connectivity index (χ3v) is 3.67. The summed E-state index contributed by atoms with van der Waals surface area (Å²) < 4.78 is 5.09. The second-order valence-electron chi connectivity index (χ2n) is 5.23. The lowest BCUT2D eigenvalue weighted by Crippen LogP contribution is -2.29. The van der Waals surface area contributed by atoms with Gasteiger partial charge in [-0.25, -0.2) is 0 Å². The summed E-state index contributed by atoms with van der Waals surface area (Å²) in [5.41, 5.74) is 1.05. The number of ether oxygens (including phenoxy) is 1. The maximum Gasteiger partial charge on any atom is 0.271 e. The normalized spacial score (nSPS) is 12.9. The van der Waals surface area contributed by atoms with Crippen molar-refractivity contribution in [2.24, 2.45) is 0 Å². The molecule has 0 aliphatic rings. The molecule has 0 saturated heterocycles. The second kappa shape index (κ2) is 7.40. The zero-order valence-corrected chi connectivity index (χ0v) is 13.2. The molecule has 0 radical (unpaired) electrons. The highest BCUT2D eigenvalue weighted by atomic mass is 16.6. The molecule has 0 unspecified atom stereocenters. The number of methoxy groups -OCH3 is 1. The minimum atomic E-state index is -0.933. The Morgan fingerprint density at radius 3 is 2.29 bits per heavy atom. The molecule has 8 heteroatoms. The van der Waals surface area contributed by atoms with Crippen LogP contribution < -0.4 is 10.1 Å². The molecule has 24 heavy (non-hydrogen) atoms. The van der Waals surface area contributed by atoms with Gasteiger partial charge in [-0.05, 0) is 23.8 Å². The van der Waals surface area contributed by atoms with Gasteiger partial charge in [0.2, 0.25) is 6.04 Å². The Hall–Kier alpha value is -3.16. The van der Waals surface area contributed by atoms with Gasteiger partial charge in [-0.15, -0.1) is 0 Å². The molecular weight excluding hydrogens is 314 g/mol. The molecule has 126 valence electrons. The minimum Gasteiger partial charge on any atom is -0.497 e. The van der Waals surface area contributed by atoms with E-state index in [0.717, 1.165) is 0 Å². The van der Waals surface area contributed by atoms with Crippen LogP contribution in [-0.2, 0) is 0 Å². The first-order valence-electron chi connectivity index (χ1n) is 7.21. The van der Waals surface area contributed by atoms with E-state index >= 15 is 0 Å². The summed E-state index contributed by atoms with van der Waals surface area (Å²) in [4.78, 5) is 21.2. The van der Waals surface area contributed by atoms with Crippen LogP contribution >= 0.6 is 0 Å². The van der Waals surface area contributed by atoms with Crippen molar-refractivity contribution < 1.29 is 14.6 Å². The highest BCUT2D eigenvalue weighted by Crippen LogP contribution is 2.27. The first kappa shape index (κ1) is 17.2. The molecule has 2 rings (SSSR count). The van der Waals surface area contributed by atoms with Gasteiger partial charge in [0.1, 0.15) is 11.8 Å². The number of anilines is 1. The van der Waals surface area contributed by atoms with Gasteiger partial charge >= 0.3 is 0 Å². The molecule has 0 aromatic heterocycles. The predicted octanol–water partition coefficient (Wildman–Crippen LogP) is 3.42. The predicted molar refractivity (Wildman–Crippen MR) is 88.9 cm³/mol. The molecule has 0 saturated carbocycles. The van der Waals surface area contributed by atoms with Crippen LogP contribution in [0.5, 0.6) is 5.75 Å². The third-order valence-electron chi connectivity index (χ3n) is 3.67. The molecule has 2 aromatic rings. The molecule has 0 bridgehead atoms. The molecule has 1 N–H and O–H groups in total. The highest BCUT2D eigenvalue weighted by molar-refractivity contribution is 5.52. The van der Waals surface area contributed by atoms with Crippen LogP contribution in [0.15, 0.2) is 48.5 Å². The standard InChI is InChI=1S/C16H17N3O5/c1-11(18(20)21)16(12-6-8-15(24-2)9-7-12)17-13-4-3-5-14(10-13)19(22)23/h3-11,16-17H,1-2H3/t11-,16+/m1/s1. The molecule has 0 aliphatic heterocycles. The smallest absolute Gasteiger partial charge is 0.271 e. The zero-order valence-electron chi connectivity index (χ0n) is 13.2. The van der Waals surface area contributed by atoms with E-state index in [1.54, 1.807) is 30.3 Å². The molecule has 0 fully saturated rings. The van der Waals surface area contributed by atoms with E-state index in [-0.39, 0.29) is 10.6 Å². The van der Waals surface area contributed by atoms with Crippen molar-refractivity contribution in [2.75, 3.05) is 12.4 Å². The number of nitrogens with zero attached hydrogens (tertiary/aromatic N) is 2. The Kier molecular flexibility index (Phi) is 5.31. The van der Waals surface area contributed by atoms with E-state index < -0.39 is 17.0 Å². The fourth-order valence-electron chi connectivity index (χ4n) is 2.30. The third kappa shape index (κ3) is 3.97. The summed E-state index contributed by atoms with van der Waals surface area (Å²) in [6.45, 7) is 1.49. The minimum absolute atomic E-state index is 0.0813. The number of nitrogens with one attached hydrogen (secondary N) is 1. The number of rotatable bonds is 7. The van der Waals surface area contributed by atoms with Crippen molar-refractivity contribution in [3.8, 4) is 5.75 Å². The Labute approximate surface area is 138 Å². The van der Waals surface area contributed by atoms with Crippen LogP contribution in [0.4, 0.5) is 11.4 Å². The van der Waals surface area contributed by atoms with Crippen molar-refractivity contribution in [2.45, 2.75) is 19.0 Å². The number of nitro benzene ring substituents is 1. The van der Waals surface area contributed by atoms with E-state index in [4.69, 9.17) is 4.74 Å². The Morgan fingerprint density at radius 2 is 1.75 bits per heavy atom. The number of hydrogen-bond donors (Lipinski definition) is 1. The van der Waals surface area contributed by atoms with E-state index in [2.05, 4.69) is 5.32 Å². The van der Waals surface area contributed by atoms with E-state index in [0.29, 0.717) is 17.0 Å². The first-order valence-corrected chi connectivity index (χ1v) is 7.21. The van der Waals surface area contributed by atoms with Crippen LogP contribution in [0.2, 0.25) is 0 Å². The number of nitro groups is 2. The molecule has 0 heterocycles. The maximum absolute atomic E-state index is 11.2. The molecule has 8 nitrogen and oxygen atoms in total. The summed E-state index contributed by atoms with van der Waals surface area (Å²) in [7, 11) is 1.54. The van der Waals surface area contributed by atoms with E-state index in [1.807, 2.05) is 0 Å². The number of hydrogen-bond acceptors (Lipinski definition) is 6. The summed E-state index contributed by atoms with van der Waals surface area (Å²) in [5.74, 6) is 0.640. The average Bonchev–Trinajstić information content (AvgIpc) is 2.59. The summed E-state index contributed by atoms with van der Waals surface area (Å²) in [6, 6.07) is 11.2. The van der Waals surface area contributed by atoms with Crippen molar-refractivity contribution in [3.63, 3.8) is 0 Å². The SMILES string of the molecule is COc1ccc([C@@H](Nc2cccc([N+](=O)[O-])c2)[C@@H](C)[N+](=O)[O-])cc1. The van der Waals surface area contributed by atoms with Crippen LogP contribution in [0.25, 0.3) is 0 Å². The lowest BCUT2D eigenvalue weighted by molar-refractivity contribution is -0.521. The quantitative estimate of drug-likeness (QED) is 0.615. The van der Waals surface area contributed by atoms with Gasteiger partial charge in [0.25, 0.3) is 5.69 Å². The topological polar surface area (TPSA) is 108 Å². The fraction of sp³-hybridized carbons (Fsp3) is 0.250. The first-order chi connectivity index (χ1) is 11.4. The number of benzene rings is 2. The van der Waals surface area contributed by atoms with Gasteiger partial charge < -0.3 is 10.1 Å². The van der Waals surface area contributed by atoms with E-state index in [9.17, 15) is 20.2 Å². The van der Waals surface area contributed by atoms with Gasteiger partial charge in [-0.3, -0.25) is 20.2 Å². The largest absolute Gasteiger partial charge is 0.497 e. The molecule has 0 aliphatic carbocycles. The van der Waals surface area contributed by atoms with Gasteiger partial charge in [-0.1, -0.05) is 18.2 Å². The van der Waals surface area contributed by atoms with Crippen molar-refractivity contribution in [1.29, 1.82) is 0 Å². The van der Waals surface area contributed by atoms with Crippen LogP contribution in [-0.4, -0.2) is 23.0 Å². The van der Waals surface area contributed by atoms with Crippen LogP contribution in [0, 0.1) is 20.2 Å². The summed E-state index contributed by atoms with van der Waals surface area (Å²) >= 11 is 0. The van der Waals surface area contributed by atoms with E-state index in [1.165, 1.54) is 32.2 Å². The molecule has 0 amide bonds. The number of non-ortho nitro benzene ring substituents is 1. The summed E-state index contributed by atoms with van der Waals surface area (Å²) in [6.07, 6.45) is 0. The van der Waals surface area contributed by atoms with Crippen molar-refractivity contribution in [3.05, 3.63) is 74.3 Å². The lowest BCUT2D eigenvalue weighted by atomic mass is 10.00. The molecule has 0 spiro atoms. The fourth-order valence-corrected chi connectivity index (χ4v) is 2.30. The second-order valence-corrected chi connectivity index (χ2v) is 5.23. The highest BCUT2D eigenvalue weighted by Gasteiger charge is 2.28. The van der Waals surface area contributed by atoms with Crippen molar-refractivity contribution in [1.82, 2.24) is 0 Å². The van der Waals surface area contributed by atoms with Gasteiger partial charge in [0.15, 0.2) is 0 Å². The van der Waals surface area contributed by atoms with Crippen molar-refractivity contribution >= 4 is 11.4 Å². The lowest BCUT2D eigenvalue weighted by Gasteiger charge is -2.21. The maximum atomic E-state index is 11.2. The van der Waals surface area contributed by atoms with Gasteiger partial charge in [-0.2, -0.15) is 0 Å². The summed E-state index contributed by atoms with van der Waals surface area (Å²) in [5, 5.41) is 25.1. The molecular formula is C16H17N3O5. The van der Waals surface area contributed by atoms with Gasteiger partial charge in [0.05, 0.1) is 12.0 Å². The van der Waals surface area contributed by atoms with Crippen LogP contribution in [0.1, 0.15) is 18.5 Å². The zero-order chi connectivity index (χ0) is 17.7. The van der Waals surface area contributed by atoms with Crippen LogP contribution in [0.3, 0.4) is 0 Å². The molecule has 2 aromatic carbocycles. The van der Waals surface area contributed by atoms with Gasteiger partial charge in [0, 0.05) is 29.7 Å². The Balaban J connectivity index is 2.34. The average molecular weight is 331 g/mol. The Bertz CT molecular complexity index is 733. The Morgan fingerprint density at radius 1 is 1.08 bits per heavy atom.